The van der Waals surface area contributed by atoms with Gasteiger partial charge in [0.1, 0.15) is 0 Å². The number of anilines is 3. The molecule has 0 fully saturated rings. The number of hydrogen-bond acceptors (Lipinski definition) is 5. The van der Waals surface area contributed by atoms with Gasteiger partial charge < -0.3 is 11.1 Å². The molecule has 0 unspecified atom stereocenters. The molecule has 1 heterocycles. The Balaban J connectivity index is 1.97. The molecule has 0 aliphatic heterocycles. The quantitative estimate of drug-likeness (QED) is 0.511. The van der Waals surface area contributed by atoms with Crippen LogP contribution in [0.4, 0.5) is 17.3 Å². The fourth-order valence-corrected chi connectivity index (χ4v) is 2.43. The van der Waals surface area contributed by atoms with Gasteiger partial charge in [0.25, 0.3) is 5.56 Å². The number of thioether (sulfide) groups is 1. The summed E-state index contributed by atoms with van der Waals surface area (Å²) in [7, 11) is 0. The first-order chi connectivity index (χ1) is 10.2. The van der Waals surface area contributed by atoms with Crippen LogP contribution in [0.2, 0.25) is 0 Å². The Morgan fingerprint density at radius 2 is 1.95 bits per heavy atom. The predicted octanol–water partition coefficient (Wildman–Crippen LogP) is 2.97. The molecular formula is C15H14N4OS. The number of nitrogens with zero attached hydrogens (tertiary/aromatic N) is 1. The van der Waals surface area contributed by atoms with Crippen LogP contribution in [0, 0.1) is 0 Å². The van der Waals surface area contributed by atoms with Crippen LogP contribution >= 0.6 is 11.8 Å². The van der Waals surface area contributed by atoms with Crippen LogP contribution in [0.25, 0.3) is 10.9 Å². The zero-order chi connectivity index (χ0) is 14.8. The molecule has 5 nitrogen and oxygen atoms in total. The van der Waals surface area contributed by atoms with E-state index in [-0.39, 0.29) is 5.56 Å². The maximum atomic E-state index is 12.0. The van der Waals surface area contributed by atoms with Gasteiger partial charge in [-0.2, -0.15) is 0 Å². The number of rotatable bonds is 3. The van der Waals surface area contributed by atoms with E-state index in [0.29, 0.717) is 22.5 Å². The number of hydrogen-bond donors (Lipinski definition) is 3. The van der Waals surface area contributed by atoms with E-state index >= 15 is 0 Å². The van der Waals surface area contributed by atoms with Crippen molar-refractivity contribution in [1.29, 1.82) is 0 Å². The zero-order valence-corrected chi connectivity index (χ0v) is 12.2. The molecule has 0 aliphatic carbocycles. The summed E-state index contributed by atoms with van der Waals surface area (Å²) in [5, 5.41) is 3.58. The van der Waals surface area contributed by atoms with E-state index in [1.54, 1.807) is 30.0 Å². The van der Waals surface area contributed by atoms with Crippen molar-refractivity contribution in [2.75, 3.05) is 17.3 Å². The molecule has 0 radical (unpaired) electrons. The number of aromatic nitrogens is 2. The lowest BCUT2D eigenvalue weighted by Crippen LogP contribution is -2.11. The standard InChI is InChI=1S/C15H14N4OS/c1-21-11-5-3-10(4-6-11)17-15-18-13-7-2-9(16)8-12(13)14(20)19-15/h2-8H,16H2,1H3,(H2,17,18,19,20). The van der Waals surface area contributed by atoms with Crippen molar-refractivity contribution in [1.82, 2.24) is 9.97 Å². The lowest BCUT2D eigenvalue weighted by molar-refractivity contribution is 1.17. The van der Waals surface area contributed by atoms with Crippen LogP contribution in [0.3, 0.4) is 0 Å². The Kier molecular flexibility index (Phi) is 3.53. The molecular weight excluding hydrogens is 284 g/mol. The molecule has 0 atom stereocenters. The van der Waals surface area contributed by atoms with E-state index in [0.717, 1.165) is 5.69 Å². The Morgan fingerprint density at radius 3 is 2.67 bits per heavy atom. The second-order valence-corrected chi connectivity index (χ2v) is 5.42. The van der Waals surface area contributed by atoms with Gasteiger partial charge in [-0.25, -0.2) is 4.98 Å². The third kappa shape index (κ3) is 2.85. The fourth-order valence-electron chi connectivity index (χ4n) is 2.03. The largest absolute Gasteiger partial charge is 0.399 e. The molecule has 0 bridgehead atoms. The van der Waals surface area contributed by atoms with Gasteiger partial charge in [-0.1, -0.05) is 0 Å². The van der Waals surface area contributed by atoms with Gasteiger partial charge >= 0.3 is 0 Å². The maximum Gasteiger partial charge on any atom is 0.260 e. The van der Waals surface area contributed by atoms with Gasteiger partial charge in [0.15, 0.2) is 0 Å². The second-order valence-electron chi connectivity index (χ2n) is 4.54. The number of benzene rings is 2. The van der Waals surface area contributed by atoms with Crippen molar-refractivity contribution in [2.24, 2.45) is 0 Å². The van der Waals surface area contributed by atoms with Crippen molar-refractivity contribution >= 4 is 40.0 Å². The van der Waals surface area contributed by atoms with Gasteiger partial charge in [-0.15, -0.1) is 11.8 Å². The summed E-state index contributed by atoms with van der Waals surface area (Å²) >= 11 is 1.68. The molecule has 3 rings (SSSR count). The van der Waals surface area contributed by atoms with E-state index < -0.39 is 0 Å². The Hall–Kier alpha value is -2.47. The van der Waals surface area contributed by atoms with E-state index in [4.69, 9.17) is 5.73 Å². The Morgan fingerprint density at radius 1 is 1.19 bits per heavy atom. The number of nitrogen functional groups attached to an aromatic ring is 1. The SMILES string of the molecule is CSc1ccc(Nc2nc3ccc(N)cc3c(=O)[nH]2)cc1. The van der Waals surface area contributed by atoms with Gasteiger partial charge in [0.2, 0.25) is 5.95 Å². The zero-order valence-electron chi connectivity index (χ0n) is 11.4. The first kappa shape index (κ1) is 13.5. The van der Waals surface area contributed by atoms with E-state index in [1.807, 2.05) is 30.5 Å². The lowest BCUT2D eigenvalue weighted by atomic mass is 10.2. The van der Waals surface area contributed by atoms with Crippen molar-refractivity contribution in [3.8, 4) is 0 Å². The molecule has 4 N–H and O–H groups in total. The Labute approximate surface area is 125 Å². The smallest absolute Gasteiger partial charge is 0.260 e. The van der Waals surface area contributed by atoms with Crippen molar-refractivity contribution in [2.45, 2.75) is 4.90 Å². The number of H-pyrrole nitrogens is 1. The molecule has 6 heteroatoms. The minimum absolute atomic E-state index is 0.212. The summed E-state index contributed by atoms with van der Waals surface area (Å²) in [4.78, 5) is 20.3. The first-order valence-corrected chi connectivity index (χ1v) is 7.59. The molecule has 0 amide bonds. The third-order valence-corrected chi connectivity index (χ3v) is 3.83. The summed E-state index contributed by atoms with van der Waals surface area (Å²) in [6, 6.07) is 13.0. The van der Waals surface area contributed by atoms with E-state index in [9.17, 15) is 4.79 Å². The number of nitrogens with one attached hydrogen (secondary N) is 2. The molecule has 1 aromatic heterocycles. The first-order valence-electron chi connectivity index (χ1n) is 6.36. The van der Waals surface area contributed by atoms with Gasteiger partial charge in [-0.05, 0) is 48.7 Å². The monoisotopic (exact) mass is 298 g/mol. The summed E-state index contributed by atoms with van der Waals surface area (Å²) in [5.74, 6) is 0.411. The highest BCUT2D eigenvalue weighted by atomic mass is 32.2. The molecule has 2 aromatic carbocycles. The fraction of sp³-hybridized carbons (Fsp3) is 0.0667. The minimum atomic E-state index is -0.212. The lowest BCUT2D eigenvalue weighted by Gasteiger charge is -2.07. The van der Waals surface area contributed by atoms with Crippen LogP contribution in [0.15, 0.2) is 52.2 Å². The Bertz CT molecular complexity index is 842. The summed E-state index contributed by atoms with van der Waals surface area (Å²) in [6.07, 6.45) is 2.02. The second kappa shape index (κ2) is 5.49. The maximum absolute atomic E-state index is 12.0. The number of fused-ring (bicyclic) bond motifs is 1. The van der Waals surface area contributed by atoms with Crippen LogP contribution < -0.4 is 16.6 Å². The highest BCUT2D eigenvalue weighted by molar-refractivity contribution is 7.98. The predicted molar refractivity (Wildman–Crippen MR) is 88.3 cm³/mol. The van der Waals surface area contributed by atoms with E-state index in [2.05, 4.69) is 15.3 Å². The van der Waals surface area contributed by atoms with Gasteiger partial charge in [0, 0.05) is 16.3 Å². The van der Waals surface area contributed by atoms with Crippen LogP contribution in [-0.4, -0.2) is 16.2 Å². The third-order valence-electron chi connectivity index (χ3n) is 3.08. The molecule has 0 saturated heterocycles. The van der Waals surface area contributed by atoms with Crippen molar-refractivity contribution in [3.05, 3.63) is 52.8 Å². The normalized spacial score (nSPS) is 10.7. The molecule has 3 aromatic rings. The van der Waals surface area contributed by atoms with Crippen LogP contribution in [0.1, 0.15) is 0 Å². The highest BCUT2D eigenvalue weighted by Crippen LogP contribution is 2.20. The molecule has 0 spiro atoms. The van der Waals surface area contributed by atoms with Crippen molar-refractivity contribution < 1.29 is 0 Å². The molecule has 21 heavy (non-hydrogen) atoms. The molecule has 106 valence electrons. The van der Waals surface area contributed by atoms with Crippen LogP contribution in [-0.2, 0) is 0 Å². The summed E-state index contributed by atoms with van der Waals surface area (Å²) in [5.41, 5.74) is 7.49. The van der Waals surface area contributed by atoms with Crippen molar-refractivity contribution in [3.63, 3.8) is 0 Å². The average Bonchev–Trinajstić information content (AvgIpc) is 2.49. The molecule has 0 aliphatic rings. The molecule has 0 saturated carbocycles. The van der Waals surface area contributed by atoms with Gasteiger partial charge in [-0.3, -0.25) is 9.78 Å². The number of nitrogens with two attached hydrogens (primary N) is 1. The minimum Gasteiger partial charge on any atom is -0.399 e. The highest BCUT2D eigenvalue weighted by Gasteiger charge is 2.04. The topological polar surface area (TPSA) is 83.8 Å². The number of aromatic amines is 1. The van der Waals surface area contributed by atoms with Crippen LogP contribution in [0.5, 0.6) is 0 Å². The van der Waals surface area contributed by atoms with E-state index in [1.165, 1.54) is 4.90 Å². The van der Waals surface area contributed by atoms with Gasteiger partial charge in [0.05, 0.1) is 10.9 Å². The summed E-state index contributed by atoms with van der Waals surface area (Å²) in [6.45, 7) is 0. The summed E-state index contributed by atoms with van der Waals surface area (Å²) < 4.78 is 0. The average molecular weight is 298 g/mol.